The van der Waals surface area contributed by atoms with Gasteiger partial charge in [0.1, 0.15) is 0 Å². The van der Waals surface area contributed by atoms with Crippen LogP contribution in [0.25, 0.3) is 0 Å². The summed E-state index contributed by atoms with van der Waals surface area (Å²) in [5.41, 5.74) is 0. The molecule has 0 bridgehead atoms. The zero-order chi connectivity index (χ0) is 14.0. The van der Waals surface area contributed by atoms with Gasteiger partial charge in [-0.05, 0) is 20.3 Å². The van der Waals surface area contributed by atoms with E-state index in [2.05, 4.69) is 17.6 Å². The van der Waals surface area contributed by atoms with Gasteiger partial charge in [0.25, 0.3) is 0 Å². The number of unbranched alkanes of at least 4 members (excludes halogenated alkanes) is 2. The highest BCUT2D eigenvalue weighted by Gasteiger charge is 2.14. The Morgan fingerprint density at radius 1 is 1.22 bits per heavy atom. The summed E-state index contributed by atoms with van der Waals surface area (Å²) in [5, 5.41) is 5.79. The van der Waals surface area contributed by atoms with Crippen molar-refractivity contribution < 1.29 is 9.59 Å². The molecule has 1 unspecified atom stereocenters. The van der Waals surface area contributed by atoms with Gasteiger partial charge in [-0.25, -0.2) is 0 Å². The molecule has 0 aliphatic rings. The van der Waals surface area contributed by atoms with Crippen molar-refractivity contribution in [3.63, 3.8) is 0 Å². The molecule has 0 aliphatic carbocycles. The fraction of sp³-hybridized carbons (Fsp3) is 0.846. The minimum Gasteiger partial charge on any atom is -0.355 e. The summed E-state index contributed by atoms with van der Waals surface area (Å²) < 4.78 is 0. The summed E-state index contributed by atoms with van der Waals surface area (Å²) in [4.78, 5) is 24.8. The first-order valence-corrected chi connectivity index (χ1v) is 6.77. The highest BCUT2D eigenvalue weighted by atomic mass is 16.2. The molecule has 0 heterocycles. The van der Waals surface area contributed by atoms with E-state index in [1.165, 1.54) is 0 Å². The Kier molecular flexibility index (Phi) is 9.28. The standard InChI is InChI=1S/C13H27N3O2/c1-5-7-8-9-14-13(18)11(3)15-10-12(17)16(4)6-2/h11,15H,5-10H2,1-4H3,(H,14,18). The fourth-order valence-corrected chi connectivity index (χ4v) is 1.38. The maximum atomic E-state index is 11.7. The summed E-state index contributed by atoms with van der Waals surface area (Å²) in [6.07, 6.45) is 3.27. The topological polar surface area (TPSA) is 61.4 Å². The number of hydrogen-bond donors (Lipinski definition) is 2. The van der Waals surface area contributed by atoms with Crippen LogP contribution < -0.4 is 10.6 Å². The highest BCUT2D eigenvalue weighted by molar-refractivity contribution is 5.83. The summed E-state index contributed by atoms with van der Waals surface area (Å²) in [5.74, 6) is -0.0406. The number of hydrogen-bond acceptors (Lipinski definition) is 3. The minimum absolute atomic E-state index is 0.00290. The van der Waals surface area contributed by atoms with Crippen LogP contribution in [0.5, 0.6) is 0 Å². The average Bonchev–Trinajstić information content (AvgIpc) is 2.39. The van der Waals surface area contributed by atoms with E-state index in [1.807, 2.05) is 6.92 Å². The lowest BCUT2D eigenvalue weighted by atomic mass is 10.2. The second-order valence-electron chi connectivity index (χ2n) is 4.51. The van der Waals surface area contributed by atoms with E-state index >= 15 is 0 Å². The molecule has 106 valence electrons. The molecule has 2 N–H and O–H groups in total. The third-order valence-electron chi connectivity index (χ3n) is 2.93. The third-order valence-corrected chi connectivity index (χ3v) is 2.93. The molecule has 0 saturated carbocycles. The van der Waals surface area contributed by atoms with Gasteiger partial charge in [0.2, 0.25) is 11.8 Å². The molecule has 0 aromatic rings. The Labute approximate surface area is 110 Å². The SMILES string of the molecule is CCCCCNC(=O)C(C)NCC(=O)N(C)CC. The second kappa shape index (κ2) is 9.88. The third kappa shape index (κ3) is 7.27. The van der Waals surface area contributed by atoms with Gasteiger partial charge in [0.15, 0.2) is 0 Å². The van der Waals surface area contributed by atoms with E-state index in [9.17, 15) is 9.59 Å². The van der Waals surface area contributed by atoms with E-state index in [4.69, 9.17) is 0 Å². The van der Waals surface area contributed by atoms with E-state index in [-0.39, 0.29) is 24.4 Å². The van der Waals surface area contributed by atoms with Gasteiger partial charge < -0.3 is 10.2 Å². The highest BCUT2D eigenvalue weighted by Crippen LogP contribution is 1.92. The minimum atomic E-state index is -0.333. The normalized spacial score (nSPS) is 12.0. The van der Waals surface area contributed by atoms with Crippen LogP contribution in [0, 0.1) is 0 Å². The number of likely N-dealkylation sites (N-methyl/N-ethyl adjacent to an activating group) is 1. The molecule has 0 fully saturated rings. The second-order valence-corrected chi connectivity index (χ2v) is 4.51. The number of carbonyl (C=O) groups is 2. The molecule has 18 heavy (non-hydrogen) atoms. The van der Waals surface area contributed by atoms with Crippen LogP contribution in [0.3, 0.4) is 0 Å². The van der Waals surface area contributed by atoms with Gasteiger partial charge in [-0.15, -0.1) is 0 Å². The Balaban J connectivity index is 3.77. The Morgan fingerprint density at radius 3 is 2.44 bits per heavy atom. The molecular formula is C13H27N3O2. The molecule has 2 amide bonds. The number of carbonyl (C=O) groups excluding carboxylic acids is 2. The van der Waals surface area contributed by atoms with Crippen LogP contribution in [0.2, 0.25) is 0 Å². The largest absolute Gasteiger partial charge is 0.355 e. The van der Waals surface area contributed by atoms with Gasteiger partial charge in [-0.3, -0.25) is 14.9 Å². The molecule has 0 radical (unpaired) electrons. The van der Waals surface area contributed by atoms with Crippen LogP contribution >= 0.6 is 0 Å². The molecule has 0 spiro atoms. The lowest BCUT2D eigenvalue weighted by Crippen LogP contribution is -2.46. The van der Waals surface area contributed by atoms with Gasteiger partial charge >= 0.3 is 0 Å². The lowest BCUT2D eigenvalue weighted by Gasteiger charge is -2.17. The van der Waals surface area contributed by atoms with Crippen LogP contribution in [0.15, 0.2) is 0 Å². The number of rotatable bonds is 9. The molecule has 5 nitrogen and oxygen atoms in total. The van der Waals surface area contributed by atoms with Crippen LogP contribution in [0.1, 0.15) is 40.0 Å². The molecule has 5 heteroatoms. The molecule has 0 rings (SSSR count). The lowest BCUT2D eigenvalue weighted by molar-refractivity contribution is -0.129. The van der Waals surface area contributed by atoms with Crippen molar-refractivity contribution in [2.45, 2.75) is 46.1 Å². The van der Waals surface area contributed by atoms with Crippen LogP contribution in [-0.2, 0) is 9.59 Å². The number of nitrogens with zero attached hydrogens (tertiary/aromatic N) is 1. The van der Waals surface area contributed by atoms with E-state index in [0.717, 1.165) is 19.3 Å². The maximum absolute atomic E-state index is 11.7. The molecule has 0 aromatic heterocycles. The zero-order valence-corrected chi connectivity index (χ0v) is 12.1. The predicted octanol–water partition coefficient (Wildman–Crippen LogP) is 0.749. The van der Waals surface area contributed by atoms with Gasteiger partial charge in [0.05, 0.1) is 12.6 Å². The fourth-order valence-electron chi connectivity index (χ4n) is 1.38. The quantitative estimate of drug-likeness (QED) is 0.599. The molecular weight excluding hydrogens is 230 g/mol. The van der Waals surface area contributed by atoms with Crippen molar-refractivity contribution >= 4 is 11.8 Å². The van der Waals surface area contributed by atoms with Gasteiger partial charge in [0, 0.05) is 20.1 Å². The summed E-state index contributed by atoms with van der Waals surface area (Å²) >= 11 is 0. The molecule has 1 atom stereocenters. The van der Waals surface area contributed by atoms with E-state index in [0.29, 0.717) is 13.1 Å². The Bertz CT molecular complexity index is 257. The molecule has 0 aromatic carbocycles. The van der Waals surface area contributed by atoms with E-state index < -0.39 is 0 Å². The Hall–Kier alpha value is -1.10. The summed E-state index contributed by atoms with van der Waals surface area (Å²) in [7, 11) is 1.75. The number of nitrogens with one attached hydrogen (secondary N) is 2. The predicted molar refractivity (Wildman–Crippen MR) is 73.3 cm³/mol. The molecule has 0 aliphatic heterocycles. The van der Waals surface area contributed by atoms with Crippen molar-refractivity contribution in [2.75, 3.05) is 26.7 Å². The van der Waals surface area contributed by atoms with Crippen molar-refractivity contribution in [1.82, 2.24) is 15.5 Å². The first kappa shape index (κ1) is 16.9. The maximum Gasteiger partial charge on any atom is 0.236 e. The monoisotopic (exact) mass is 257 g/mol. The first-order chi connectivity index (χ1) is 8.52. The van der Waals surface area contributed by atoms with Crippen molar-refractivity contribution in [2.24, 2.45) is 0 Å². The van der Waals surface area contributed by atoms with Crippen molar-refractivity contribution in [3.05, 3.63) is 0 Å². The van der Waals surface area contributed by atoms with Gasteiger partial charge in [-0.1, -0.05) is 19.8 Å². The summed E-state index contributed by atoms with van der Waals surface area (Å²) in [6, 6.07) is -0.333. The smallest absolute Gasteiger partial charge is 0.236 e. The summed E-state index contributed by atoms with van der Waals surface area (Å²) in [6.45, 7) is 7.41. The van der Waals surface area contributed by atoms with Crippen molar-refractivity contribution in [3.8, 4) is 0 Å². The van der Waals surface area contributed by atoms with Gasteiger partial charge in [-0.2, -0.15) is 0 Å². The molecule has 0 saturated heterocycles. The van der Waals surface area contributed by atoms with Crippen LogP contribution in [0.4, 0.5) is 0 Å². The van der Waals surface area contributed by atoms with Crippen molar-refractivity contribution in [1.29, 1.82) is 0 Å². The zero-order valence-electron chi connectivity index (χ0n) is 12.1. The average molecular weight is 257 g/mol. The Morgan fingerprint density at radius 2 is 1.89 bits per heavy atom. The van der Waals surface area contributed by atoms with E-state index in [1.54, 1.807) is 18.9 Å². The first-order valence-electron chi connectivity index (χ1n) is 6.77. The number of amides is 2. The van der Waals surface area contributed by atoms with Crippen LogP contribution in [-0.4, -0.2) is 49.4 Å².